The van der Waals surface area contributed by atoms with Crippen LogP contribution in [0, 0.1) is 28.9 Å². The zero-order valence-corrected chi connectivity index (χ0v) is 11.5. The first-order valence-electron chi connectivity index (χ1n) is 6.42. The summed E-state index contributed by atoms with van der Waals surface area (Å²) in [5.41, 5.74) is 0.534. The number of nitriles is 1. The number of halogens is 2. The van der Waals surface area contributed by atoms with Crippen molar-refractivity contribution in [1.29, 1.82) is 5.26 Å². The topological polar surface area (TPSA) is 27.0 Å². The zero-order chi connectivity index (χ0) is 14.2. The number of hydrogen-bond donors (Lipinski definition) is 0. The highest BCUT2D eigenvalue weighted by atomic mass is 19.1. The largest absolute Gasteiger partial charge is 0.297 e. The second-order valence-corrected chi connectivity index (χ2v) is 6.12. The van der Waals surface area contributed by atoms with Crippen molar-refractivity contribution in [2.45, 2.75) is 32.2 Å². The number of benzene rings is 1. The van der Waals surface area contributed by atoms with Gasteiger partial charge < -0.3 is 0 Å². The van der Waals surface area contributed by atoms with Crippen molar-refractivity contribution in [2.75, 3.05) is 13.1 Å². The first kappa shape index (κ1) is 14.0. The van der Waals surface area contributed by atoms with E-state index in [0.717, 1.165) is 6.07 Å². The molecule has 4 heteroatoms. The van der Waals surface area contributed by atoms with Gasteiger partial charge in [-0.25, -0.2) is 8.78 Å². The highest BCUT2D eigenvalue weighted by molar-refractivity contribution is 5.26. The second-order valence-electron chi connectivity index (χ2n) is 6.12. The van der Waals surface area contributed by atoms with Crippen LogP contribution in [0.25, 0.3) is 0 Å². The molecule has 1 aliphatic heterocycles. The molecule has 0 bridgehead atoms. The zero-order valence-electron chi connectivity index (χ0n) is 11.5. The predicted octanol–water partition coefficient (Wildman–Crippen LogP) is 3.30. The van der Waals surface area contributed by atoms with E-state index in [1.807, 2.05) is 0 Å². The van der Waals surface area contributed by atoms with Crippen molar-refractivity contribution < 1.29 is 8.78 Å². The van der Waals surface area contributed by atoms with Crippen molar-refractivity contribution in [1.82, 2.24) is 4.90 Å². The first-order chi connectivity index (χ1) is 8.81. The molecule has 1 aromatic rings. The van der Waals surface area contributed by atoms with Crippen LogP contribution in [-0.2, 0) is 0 Å². The minimum atomic E-state index is -0.583. The van der Waals surface area contributed by atoms with E-state index in [-0.39, 0.29) is 17.4 Å². The second kappa shape index (κ2) is 4.90. The lowest BCUT2D eigenvalue weighted by Crippen LogP contribution is -2.39. The summed E-state index contributed by atoms with van der Waals surface area (Å²) in [6, 6.07) is 5.80. The fraction of sp³-hybridized carbons (Fsp3) is 0.533. The Morgan fingerprint density at radius 1 is 1.16 bits per heavy atom. The van der Waals surface area contributed by atoms with Gasteiger partial charge in [0.2, 0.25) is 0 Å². The van der Waals surface area contributed by atoms with E-state index >= 15 is 0 Å². The maximum Gasteiger partial charge on any atom is 0.126 e. The van der Waals surface area contributed by atoms with Gasteiger partial charge in [-0.15, -0.1) is 0 Å². The molecule has 1 aliphatic rings. The molecule has 0 N–H and O–H groups in total. The summed E-state index contributed by atoms with van der Waals surface area (Å²) in [5.74, 6) is -1.52. The number of rotatable bonds is 1. The van der Waals surface area contributed by atoms with E-state index in [1.165, 1.54) is 12.1 Å². The first-order valence-corrected chi connectivity index (χ1v) is 6.42. The maximum atomic E-state index is 13.3. The van der Waals surface area contributed by atoms with Gasteiger partial charge in [0.1, 0.15) is 11.6 Å². The highest BCUT2D eigenvalue weighted by Crippen LogP contribution is 2.36. The molecule has 2 atom stereocenters. The Morgan fingerprint density at radius 2 is 1.74 bits per heavy atom. The van der Waals surface area contributed by atoms with Gasteiger partial charge in [-0.05, 0) is 38.5 Å². The van der Waals surface area contributed by atoms with Crippen LogP contribution in [0.3, 0.4) is 0 Å². The van der Waals surface area contributed by atoms with Crippen LogP contribution >= 0.6 is 0 Å². The van der Waals surface area contributed by atoms with Crippen molar-refractivity contribution in [3.63, 3.8) is 0 Å². The number of hydrogen-bond acceptors (Lipinski definition) is 2. The summed E-state index contributed by atoms with van der Waals surface area (Å²) in [6.45, 7) is 7.54. The molecular formula is C15H18F2N2. The summed E-state index contributed by atoms with van der Waals surface area (Å²) in [6.07, 6.45) is 0. The molecule has 1 fully saturated rings. The third-order valence-corrected chi connectivity index (χ3v) is 3.75. The molecule has 0 unspecified atom stereocenters. The van der Waals surface area contributed by atoms with Crippen molar-refractivity contribution in [2.24, 2.45) is 5.92 Å². The minimum absolute atomic E-state index is 0.0459. The molecule has 102 valence electrons. The summed E-state index contributed by atoms with van der Waals surface area (Å²) in [4.78, 5) is 2.19. The van der Waals surface area contributed by atoms with Crippen LogP contribution in [0.5, 0.6) is 0 Å². The van der Waals surface area contributed by atoms with Crippen molar-refractivity contribution in [3.8, 4) is 6.07 Å². The van der Waals surface area contributed by atoms with Gasteiger partial charge in [-0.3, -0.25) is 4.90 Å². The lowest BCUT2D eigenvalue weighted by atomic mass is 9.90. The van der Waals surface area contributed by atoms with Gasteiger partial charge in [0.25, 0.3) is 0 Å². The van der Waals surface area contributed by atoms with E-state index in [2.05, 4.69) is 31.7 Å². The molecular weight excluding hydrogens is 246 g/mol. The smallest absolute Gasteiger partial charge is 0.126 e. The van der Waals surface area contributed by atoms with E-state index in [4.69, 9.17) is 0 Å². The van der Waals surface area contributed by atoms with Gasteiger partial charge in [-0.1, -0.05) is 0 Å². The molecule has 1 aromatic carbocycles. The minimum Gasteiger partial charge on any atom is -0.297 e. The third kappa shape index (κ3) is 2.93. The standard InChI is InChI=1S/C15H18F2N2/c1-15(2,3)19-8-11(7-18)14(9-19)10-4-12(16)6-13(17)5-10/h4-6,11,14H,8-9H2,1-3H3/t11-,14+/m0/s1. The summed E-state index contributed by atoms with van der Waals surface area (Å²) < 4.78 is 26.6. The van der Waals surface area contributed by atoms with Gasteiger partial charge in [0.05, 0.1) is 12.0 Å². The van der Waals surface area contributed by atoms with Crippen LogP contribution in [0.1, 0.15) is 32.3 Å². The summed E-state index contributed by atoms with van der Waals surface area (Å²) >= 11 is 0. The Hall–Kier alpha value is -1.47. The molecule has 2 nitrogen and oxygen atoms in total. The molecule has 0 saturated carbocycles. The van der Waals surface area contributed by atoms with Gasteiger partial charge in [0.15, 0.2) is 0 Å². The molecule has 0 aliphatic carbocycles. The van der Waals surface area contributed by atoms with Gasteiger partial charge in [-0.2, -0.15) is 5.26 Å². The molecule has 1 heterocycles. The number of nitrogens with zero attached hydrogens (tertiary/aromatic N) is 2. The fourth-order valence-corrected chi connectivity index (χ4v) is 2.61. The average molecular weight is 264 g/mol. The molecule has 0 spiro atoms. The molecule has 1 saturated heterocycles. The lowest BCUT2D eigenvalue weighted by Gasteiger charge is -2.31. The monoisotopic (exact) mass is 264 g/mol. The lowest BCUT2D eigenvalue weighted by molar-refractivity contribution is 0.170. The SMILES string of the molecule is CC(C)(C)N1C[C@H](c2cc(F)cc(F)c2)[C@@H](C#N)C1. The van der Waals surface area contributed by atoms with Crippen LogP contribution < -0.4 is 0 Å². The Bertz CT molecular complexity index is 494. The predicted molar refractivity (Wildman–Crippen MR) is 69.5 cm³/mol. The third-order valence-electron chi connectivity index (χ3n) is 3.75. The number of likely N-dealkylation sites (tertiary alicyclic amines) is 1. The molecule has 0 radical (unpaired) electrons. The Labute approximate surface area is 112 Å². The summed E-state index contributed by atoms with van der Waals surface area (Å²) in [7, 11) is 0. The van der Waals surface area contributed by atoms with Crippen LogP contribution in [-0.4, -0.2) is 23.5 Å². The van der Waals surface area contributed by atoms with E-state index in [0.29, 0.717) is 18.7 Å². The fourth-order valence-electron chi connectivity index (χ4n) is 2.61. The highest BCUT2D eigenvalue weighted by Gasteiger charge is 2.38. The van der Waals surface area contributed by atoms with E-state index < -0.39 is 11.6 Å². The van der Waals surface area contributed by atoms with Crippen LogP contribution in [0.4, 0.5) is 8.78 Å². The molecule has 19 heavy (non-hydrogen) atoms. The quantitative estimate of drug-likeness (QED) is 0.778. The van der Waals surface area contributed by atoms with Gasteiger partial charge in [0, 0.05) is 30.6 Å². The Kier molecular flexibility index (Phi) is 3.60. The van der Waals surface area contributed by atoms with Gasteiger partial charge >= 0.3 is 0 Å². The van der Waals surface area contributed by atoms with E-state index in [1.54, 1.807) is 0 Å². The maximum absolute atomic E-state index is 13.3. The normalized spacial score (nSPS) is 24.4. The Balaban J connectivity index is 2.31. The summed E-state index contributed by atoms with van der Waals surface area (Å²) in [5, 5.41) is 9.26. The van der Waals surface area contributed by atoms with Crippen molar-refractivity contribution in [3.05, 3.63) is 35.4 Å². The molecule has 0 aromatic heterocycles. The van der Waals surface area contributed by atoms with Crippen LogP contribution in [0.2, 0.25) is 0 Å². The Morgan fingerprint density at radius 3 is 2.21 bits per heavy atom. The average Bonchev–Trinajstić information content (AvgIpc) is 2.71. The molecule has 0 amide bonds. The van der Waals surface area contributed by atoms with E-state index in [9.17, 15) is 14.0 Å². The van der Waals surface area contributed by atoms with Crippen molar-refractivity contribution >= 4 is 0 Å². The molecule has 2 rings (SSSR count). The van der Waals surface area contributed by atoms with Crippen LogP contribution in [0.15, 0.2) is 18.2 Å².